The highest BCUT2D eigenvalue weighted by Gasteiger charge is 2.56. The van der Waals surface area contributed by atoms with E-state index in [2.05, 4.69) is 39.9 Å². The first kappa shape index (κ1) is 16.7. The number of hydrogen-bond acceptors (Lipinski definition) is 6. The van der Waals surface area contributed by atoms with Crippen LogP contribution in [0.15, 0.2) is 58.1 Å². The first-order valence-electron chi connectivity index (χ1n) is 9.88. The van der Waals surface area contributed by atoms with Crippen LogP contribution in [0, 0.1) is 11.8 Å². The SMILES string of the molecule is CN(C)C1C2CN(c3ccc4cc(-c5cn6cccnc6n5)c(=O)oc4c3)CC21. The van der Waals surface area contributed by atoms with E-state index in [1.54, 1.807) is 16.8 Å². The number of piperidine rings is 1. The lowest BCUT2D eigenvalue weighted by Crippen LogP contribution is -2.30. The number of rotatable bonds is 3. The largest absolute Gasteiger partial charge is 0.422 e. The zero-order valence-electron chi connectivity index (χ0n) is 16.3. The van der Waals surface area contributed by atoms with Crippen molar-refractivity contribution < 1.29 is 4.42 Å². The topological polar surface area (TPSA) is 66.9 Å². The summed E-state index contributed by atoms with van der Waals surface area (Å²) in [6.07, 6.45) is 5.33. The van der Waals surface area contributed by atoms with Crippen molar-refractivity contribution in [2.45, 2.75) is 6.04 Å². The van der Waals surface area contributed by atoms with Gasteiger partial charge in [-0.15, -0.1) is 0 Å². The monoisotopic (exact) mass is 387 g/mol. The van der Waals surface area contributed by atoms with Gasteiger partial charge in [0.25, 0.3) is 0 Å². The molecule has 3 aromatic heterocycles. The molecular formula is C22H21N5O2. The molecule has 0 amide bonds. The van der Waals surface area contributed by atoms with Crippen LogP contribution in [0.25, 0.3) is 28.0 Å². The molecule has 2 atom stereocenters. The van der Waals surface area contributed by atoms with Crippen molar-refractivity contribution in [3.8, 4) is 11.3 Å². The molecule has 2 unspecified atom stereocenters. The van der Waals surface area contributed by atoms with Gasteiger partial charge in [-0.25, -0.2) is 14.8 Å². The third-order valence-corrected chi connectivity index (χ3v) is 6.34. The summed E-state index contributed by atoms with van der Waals surface area (Å²) < 4.78 is 7.47. The van der Waals surface area contributed by atoms with Crippen LogP contribution in [0.4, 0.5) is 5.69 Å². The molecule has 0 bridgehead atoms. The van der Waals surface area contributed by atoms with Crippen molar-refractivity contribution in [1.29, 1.82) is 0 Å². The first-order valence-corrected chi connectivity index (χ1v) is 9.88. The Hall–Kier alpha value is -3.19. The molecular weight excluding hydrogens is 366 g/mol. The Bertz CT molecular complexity index is 1260. The third-order valence-electron chi connectivity index (χ3n) is 6.34. The number of aromatic nitrogens is 3. The molecule has 0 spiro atoms. The lowest BCUT2D eigenvalue weighted by Gasteiger charge is -2.24. The average Bonchev–Trinajstić information content (AvgIpc) is 3.04. The predicted molar refractivity (Wildman–Crippen MR) is 111 cm³/mol. The van der Waals surface area contributed by atoms with E-state index in [9.17, 15) is 4.79 Å². The van der Waals surface area contributed by atoms with Crippen LogP contribution in [-0.2, 0) is 0 Å². The molecule has 0 N–H and O–H groups in total. The zero-order chi connectivity index (χ0) is 19.7. The maximum atomic E-state index is 12.7. The standard InChI is InChI=1S/C22H21N5O2/c1-25(2)20-16-10-27(11-17(16)20)14-5-4-13-8-15(21(28)29-19(13)9-14)18-12-26-7-3-6-23-22(26)24-18/h3-9,12,16-17,20H,10-11H2,1-2H3. The van der Waals surface area contributed by atoms with E-state index >= 15 is 0 Å². The van der Waals surface area contributed by atoms with Gasteiger partial charge in [0.15, 0.2) is 0 Å². The first-order chi connectivity index (χ1) is 14.1. The van der Waals surface area contributed by atoms with Gasteiger partial charge in [0.05, 0.1) is 11.3 Å². The second-order valence-corrected chi connectivity index (χ2v) is 8.31. The molecule has 6 rings (SSSR count). The summed E-state index contributed by atoms with van der Waals surface area (Å²) in [6, 6.07) is 10.5. The molecule has 7 heteroatoms. The molecule has 1 aliphatic carbocycles. The summed E-state index contributed by atoms with van der Waals surface area (Å²) in [6.45, 7) is 2.13. The summed E-state index contributed by atoms with van der Waals surface area (Å²) in [4.78, 5) is 26.1. The Morgan fingerprint density at radius 1 is 1.17 bits per heavy atom. The normalized spacial score (nSPS) is 23.3. The fourth-order valence-electron chi connectivity index (χ4n) is 4.91. The van der Waals surface area contributed by atoms with E-state index in [0.717, 1.165) is 36.0 Å². The van der Waals surface area contributed by atoms with Gasteiger partial charge >= 0.3 is 5.63 Å². The van der Waals surface area contributed by atoms with Gasteiger partial charge in [0, 0.05) is 54.9 Å². The number of fused-ring (bicyclic) bond motifs is 3. The Morgan fingerprint density at radius 3 is 2.76 bits per heavy atom. The molecule has 0 radical (unpaired) electrons. The Morgan fingerprint density at radius 2 is 2.00 bits per heavy atom. The Kier molecular flexibility index (Phi) is 3.41. The zero-order valence-corrected chi connectivity index (χ0v) is 16.3. The van der Waals surface area contributed by atoms with Crippen LogP contribution in [0.2, 0.25) is 0 Å². The van der Waals surface area contributed by atoms with Crippen LogP contribution in [0.3, 0.4) is 0 Å². The van der Waals surface area contributed by atoms with Crippen LogP contribution < -0.4 is 10.5 Å². The summed E-state index contributed by atoms with van der Waals surface area (Å²) >= 11 is 0. The van der Waals surface area contributed by atoms with E-state index < -0.39 is 0 Å². The van der Waals surface area contributed by atoms with Gasteiger partial charge in [-0.05, 0) is 50.2 Å². The van der Waals surface area contributed by atoms with Crippen molar-refractivity contribution in [2.75, 3.05) is 32.1 Å². The second kappa shape index (κ2) is 5.90. The fourth-order valence-corrected chi connectivity index (χ4v) is 4.91. The summed E-state index contributed by atoms with van der Waals surface area (Å²) in [5.41, 5.74) is 2.37. The van der Waals surface area contributed by atoms with Crippen molar-refractivity contribution in [3.05, 3.63) is 59.3 Å². The van der Waals surface area contributed by atoms with Crippen molar-refractivity contribution in [1.82, 2.24) is 19.3 Å². The van der Waals surface area contributed by atoms with Gasteiger partial charge in [-0.2, -0.15) is 0 Å². The molecule has 1 aliphatic heterocycles. The highest BCUT2D eigenvalue weighted by Crippen LogP contribution is 2.49. The van der Waals surface area contributed by atoms with Crippen molar-refractivity contribution in [2.24, 2.45) is 11.8 Å². The predicted octanol–water partition coefficient (Wildman–Crippen LogP) is 2.50. The van der Waals surface area contributed by atoms with Gasteiger partial charge in [0.2, 0.25) is 5.78 Å². The molecule has 2 fully saturated rings. The summed E-state index contributed by atoms with van der Waals surface area (Å²) in [7, 11) is 4.32. The minimum Gasteiger partial charge on any atom is -0.422 e. The van der Waals surface area contributed by atoms with E-state index in [-0.39, 0.29) is 5.63 Å². The quantitative estimate of drug-likeness (QED) is 0.503. The minimum atomic E-state index is -0.380. The van der Waals surface area contributed by atoms with E-state index in [0.29, 0.717) is 28.7 Å². The number of benzene rings is 1. The highest BCUT2D eigenvalue weighted by atomic mass is 16.4. The van der Waals surface area contributed by atoms with Gasteiger partial charge in [0.1, 0.15) is 5.58 Å². The highest BCUT2D eigenvalue weighted by molar-refractivity contribution is 5.84. The maximum Gasteiger partial charge on any atom is 0.345 e. The van der Waals surface area contributed by atoms with Gasteiger partial charge in [-0.1, -0.05) is 0 Å². The number of anilines is 1. The molecule has 29 heavy (non-hydrogen) atoms. The average molecular weight is 387 g/mol. The van der Waals surface area contributed by atoms with Crippen LogP contribution >= 0.6 is 0 Å². The molecule has 146 valence electrons. The lowest BCUT2D eigenvalue weighted by molar-refractivity contribution is 0.357. The van der Waals surface area contributed by atoms with Crippen LogP contribution in [0.5, 0.6) is 0 Å². The Labute approximate surface area is 167 Å². The summed E-state index contributed by atoms with van der Waals surface area (Å²) in [5, 5.41) is 0.892. The second-order valence-electron chi connectivity index (χ2n) is 8.31. The van der Waals surface area contributed by atoms with E-state index in [1.165, 1.54) is 0 Å². The molecule has 1 saturated heterocycles. The smallest absolute Gasteiger partial charge is 0.345 e. The molecule has 4 heterocycles. The fraction of sp³-hybridized carbons (Fsp3) is 0.318. The molecule has 2 aliphatic rings. The van der Waals surface area contributed by atoms with Crippen molar-refractivity contribution >= 4 is 22.4 Å². The van der Waals surface area contributed by atoms with Gasteiger partial charge < -0.3 is 14.2 Å². The lowest BCUT2D eigenvalue weighted by atomic mass is 10.1. The van der Waals surface area contributed by atoms with Crippen molar-refractivity contribution in [3.63, 3.8) is 0 Å². The Balaban J connectivity index is 1.33. The van der Waals surface area contributed by atoms with E-state index in [4.69, 9.17) is 4.42 Å². The number of hydrogen-bond donors (Lipinski definition) is 0. The molecule has 4 aromatic rings. The van der Waals surface area contributed by atoms with Gasteiger partial charge in [-0.3, -0.25) is 4.40 Å². The van der Waals surface area contributed by atoms with Crippen LogP contribution in [0.1, 0.15) is 0 Å². The minimum absolute atomic E-state index is 0.380. The number of imidazole rings is 1. The molecule has 1 aromatic carbocycles. The number of nitrogens with zero attached hydrogens (tertiary/aromatic N) is 5. The molecule has 1 saturated carbocycles. The molecule has 7 nitrogen and oxygen atoms in total. The van der Waals surface area contributed by atoms with E-state index in [1.807, 2.05) is 30.5 Å². The van der Waals surface area contributed by atoms with Crippen LogP contribution in [-0.4, -0.2) is 52.5 Å². The maximum absolute atomic E-state index is 12.7. The third kappa shape index (κ3) is 2.57. The summed E-state index contributed by atoms with van der Waals surface area (Å²) in [5.74, 6) is 2.05.